The summed E-state index contributed by atoms with van der Waals surface area (Å²) < 4.78 is 0. The zero-order valence-electron chi connectivity index (χ0n) is 9.78. The first-order chi connectivity index (χ1) is 7.14. The van der Waals surface area contributed by atoms with Crippen molar-refractivity contribution < 1.29 is 5.11 Å². The highest BCUT2D eigenvalue weighted by Crippen LogP contribution is 2.38. The van der Waals surface area contributed by atoms with Crippen LogP contribution in [0.25, 0.3) is 0 Å². The van der Waals surface area contributed by atoms with Gasteiger partial charge in [-0.1, -0.05) is 6.92 Å². The zero-order valence-corrected chi connectivity index (χ0v) is 9.78. The van der Waals surface area contributed by atoms with Gasteiger partial charge >= 0.3 is 0 Å². The van der Waals surface area contributed by atoms with Crippen LogP contribution in [0.4, 0.5) is 0 Å². The molecule has 0 aromatic heterocycles. The molecule has 0 spiro atoms. The lowest BCUT2D eigenvalue weighted by molar-refractivity contribution is 0.0950. The summed E-state index contributed by atoms with van der Waals surface area (Å²) in [6.07, 6.45) is 5.05. The average molecular weight is 212 g/mol. The standard InChI is InChI=1S/C12H24N2O/c1-10-3-2-6-14(7-10)8-12(13,9-15)11-4-5-11/h10-11,15H,2-9,13H2,1H3. The Bertz CT molecular complexity index is 218. The summed E-state index contributed by atoms with van der Waals surface area (Å²) in [4.78, 5) is 2.45. The van der Waals surface area contributed by atoms with Crippen LogP contribution in [0.15, 0.2) is 0 Å². The number of nitrogens with zero attached hydrogens (tertiary/aromatic N) is 1. The Morgan fingerprint density at radius 2 is 2.13 bits per heavy atom. The van der Waals surface area contributed by atoms with Gasteiger partial charge in [0.1, 0.15) is 0 Å². The number of piperidine rings is 1. The van der Waals surface area contributed by atoms with Crippen LogP contribution in [0.5, 0.6) is 0 Å². The molecule has 15 heavy (non-hydrogen) atoms. The van der Waals surface area contributed by atoms with Crippen LogP contribution < -0.4 is 5.73 Å². The van der Waals surface area contributed by atoms with E-state index >= 15 is 0 Å². The van der Waals surface area contributed by atoms with Gasteiger partial charge in [-0.25, -0.2) is 0 Å². The Morgan fingerprint density at radius 3 is 2.67 bits per heavy atom. The van der Waals surface area contributed by atoms with Gasteiger partial charge < -0.3 is 15.7 Å². The van der Waals surface area contributed by atoms with Crippen molar-refractivity contribution in [2.45, 2.75) is 38.1 Å². The monoisotopic (exact) mass is 212 g/mol. The first-order valence-corrected chi connectivity index (χ1v) is 6.26. The normalized spacial score (nSPS) is 32.6. The lowest BCUT2D eigenvalue weighted by Crippen LogP contribution is -2.56. The molecule has 2 rings (SSSR count). The fraction of sp³-hybridized carbons (Fsp3) is 1.00. The lowest BCUT2D eigenvalue weighted by atomic mass is 9.92. The fourth-order valence-electron chi connectivity index (χ4n) is 2.81. The molecule has 0 amide bonds. The molecule has 0 radical (unpaired) electrons. The van der Waals surface area contributed by atoms with Crippen LogP contribution in [-0.4, -0.2) is 41.8 Å². The van der Waals surface area contributed by atoms with Gasteiger partial charge in [0.25, 0.3) is 0 Å². The second-order valence-electron chi connectivity index (χ2n) is 5.65. The zero-order chi connectivity index (χ0) is 10.9. The van der Waals surface area contributed by atoms with Gasteiger partial charge in [0.05, 0.1) is 12.1 Å². The van der Waals surface area contributed by atoms with Crippen molar-refractivity contribution in [3.8, 4) is 0 Å². The summed E-state index contributed by atoms with van der Waals surface area (Å²) in [5, 5.41) is 9.44. The molecule has 2 atom stereocenters. The van der Waals surface area contributed by atoms with Gasteiger partial charge in [-0.2, -0.15) is 0 Å². The number of nitrogens with two attached hydrogens (primary N) is 1. The maximum atomic E-state index is 9.44. The van der Waals surface area contributed by atoms with Gasteiger partial charge in [0.2, 0.25) is 0 Å². The van der Waals surface area contributed by atoms with Crippen LogP contribution >= 0.6 is 0 Å². The average Bonchev–Trinajstić information content (AvgIpc) is 3.01. The molecule has 88 valence electrons. The van der Waals surface area contributed by atoms with Crippen molar-refractivity contribution in [3.63, 3.8) is 0 Å². The maximum absolute atomic E-state index is 9.44. The van der Waals surface area contributed by atoms with E-state index in [0.717, 1.165) is 25.6 Å². The van der Waals surface area contributed by atoms with E-state index in [1.807, 2.05) is 0 Å². The Kier molecular flexibility index (Phi) is 3.33. The highest BCUT2D eigenvalue weighted by atomic mass is 16.3. The molecule has 3 nitrogen and oxygen atoms in total. The predicted molar refractivity (Wildman–Crippen MR) is 61.6 cm³/mol. The van der Waals surface area contributed by atoms with E-state index in [4.69, 9.17) is 5.73 Å². The molecule has 1 aliphatic carbocycles. The number of likely N-dealkylation sites (tertiary alicyclic amines) is 1. The minimum Gasteiger partial charge on any atom is -0.394 e. The molecular weight excluding hydrogens is 188 g/mol. The molecular formula is C12H24N2O. The van der Waals surface area contributed by atoms with Gasteiger partial charge in [-0.15, -0.1) is 0 Å². The SMILES string of the molecule is CC1CCCN(CC(N)(CO)C2CC2)C1. The smallest absolute Gasteiger partial charge is 0.0626 e. The first-order valence-electron chi connectivity index (χ1n) is 6.26. The molecule has 0 aromatic carbocycles. The van der Waals surface area contributed by atoms with E-state index < -0.39 is 0 Å². The maximum Gasteiger partial charge on any atom is 0.0626 e. The number of hydrogen-bond donors (Lipinski definition) is 2. The van der Waals surface area contributed by atoms with Crippen molar-refractivity contribution in [2.75, 3.05) is 26.2 Å². The summed E-state index contributed by atoms with van der Waals surface area (Å²) in [7, 11) is 0. The second kappa shape index (κ2) is 4.40. The lowest BCUT2D eigenvalue weighted by Gasteiger charge is -2.38. The number of aliphatic hydroxyl groups is 1. The summed E-state index contributed by atoms with van der Waals surface area (Å²) >= 11 is 0. The van der Waals surface area contributed by atoms with Gasteiger partial charge in [0.15, 0.2) is 0 Å². The van der Waals surface area contributed by atoms with Crippen LogP contribution in [0.3, 0.4) is 0 Å². The third-order valence-electron chi connectivity index (χ3n) is 3.94. The minimum absolute atomic E-state index is 0.141. The molecule has 3 N–H and O–H groups in total. The van der Waals surface area contributed by atoms with E-state index in [1.165, 1.54) is 25.7 Å². The van der Waals surface area contributed by atoms with Crippen molar-refractivity contribution in [3.05, 3.63) is 0 Å². The number of hydrogen-bond acceptors (Lipinski definition) is 3. The first kappa shape index (κ1) is 11.4. The molecule has 2 fully saturated rings. The van der Waals surface area contributed by atoms with Gasteiger partial charge in [0, 0.05) is 13.1 Å². The summed E-state index contributed by atoms with van der Waals surface area (Å²) in [5.74, 6) is 1.36. The Labute approximate surface area is 92.6 Å². The van der Waals surface area contributed by atoms with Crippen molar-refractivity contribution >= 4 is 0 Å². The van der Waals surface area contributed by atoms with Crippen LogP contribution in [-0.2, 0) is 0 Å². The third kappa shape index (κ3) is 2.71. The molecule has 2 unspecified atom stereocenters. The number of aliphatic hydroxyl groups excluding tert-OH is 1. The van der Waals surface area contributed by atoms with E-state index in [2.05, 4.69) is 11.8 Å². The largest absolute Gasteiger partial charge is 0.394 e. The molecule has 0 bridgehead atoms. The molecule has 1 heterocycles. The Balaban J connectivity index is 1.88. The van der Waals surface area contributed by atoms with E-state index in [1.54, 1.807) is 0 Å². The van der Waals surface area contributed by atoms with Crippen molar-refractivity contribution in [1.82, 2.24) is 4.90 Å². The van der Waals surface area contributed by atoms with Gasteiger partial charge in [-0.05, 0) is 44.1 Å². The van der Waals surface area contributed by atoms with Crippen molar-refractivity contribution in [2.24, 2.45) is 17.6 Å². The summed E-state index contributed by atoms with van der Waals surface area (Å²) in [6.45, 7) is 5.66. The molecule has 0 aromatic rings. The van der Waals surface area contributed by atoms with Crippen molar-refractivity contribution in [1.29, 1.82) is 0 Å². The summed E-state index contributed by atoms with van der Waals surface area (Å²) in [6, 6.07) is 0. The Morgan fingerprint density at radius 1 is 1.40 bits per heavy atom. The Hall–Kier alpha value is -0.120. The third-order valence-corrected chi connectivity index (χ3v) is 3.94. The predicted octanol–water partition coefficient (Wildman–Crippen LogP) is 0.818. The van der Waals surface area contributed by atoms with E-state index in [0.29, 0.717) is 5.92 Å². The molecule has 1 saturated heterocycles. The van der Waals surface area contributed by atoms with Crippen LogP contribution in [0.1, 0.15) is 32.6 Å². The number of rotatable bonds is 4. The van der Waals surface area contributed by atoms with Crippen LogP contribution in [0.2, 0.25) is 0 Å². The quantitative estimate of drug-likeness (QED) is 0.725. The minimum atomic E-state index is -0.322. The van der Waals surface area contributed by atoms with E-state index in [-0.39, 0.29) is 12.1 Å². The highest BCUT2D eigenvalue weighted by molar-refractivity contribution is 5.00. The molecule has 1 saturated carbocycles. The fourth-order valence-corrected chi connectivity index (χ4v) is 2.81. The van der Waals surface area contributed by atoms with Gasteiger partial charge in [-0.3, -0.25) is 0 Å². The molecule has 2 aliphatic rings. The second-order valence-corrected chi connectivity index (χ2v) is 5.65. The molecule has 1 aliphatic heterocycles. The summed E-state index contributed by atoms with van der Waals surface area (Å²) in [5.41, 5.74) is 5.96. The van der Waals surface area contributed by atoms with E-state index in [9.17, 15) is 5.11 Å². The van der Waals surface area contributed by atoms with Crippen LogP contribution in [0, 0.1) is 11.8 Å². The highest BCUT2D eigenvalue weighted by Gasteiger charge is 2.43. The molecule has 3 heteroatoms. The topological polar surface area (TPSA) is 49.5 Å².